The lowest BCUT2D eigenvalue weighted by atomic mass is 10.1. The van der Waals surface area contributed by atoms with Gasteiger partial charge in [0.25, 0.3) is 5.69 Å². The van der Waals surface area contributed by atoms with Gasteiger partial charge in [-0.15, -0.1) is 0 Å². The summed E-state index contributed by atoms with van der Waals surface area (Å²) >= 11 is 0. The van der Waals surface area contributed by atoms with Crippen molar-refractivity contribution in [3.05, 3.63) is 40.1 Å². The molecule has 0 aliphatic heterocycles. The number of nitro benzene ring substituents is 1. The second-order valence-corrected chi connectivity index (χ2v) is 2.80. The smallest absolute Gasteiger partial charge is 0.280 e. The normalized spacial score (nSPS) is 9.93. The minimum atomic E-state index is -0.489. The van der Waals surface area contributed by atoms with Gasteiger partial charge in [0.05, 0.1) is 27.5 Å². The minimum Gasteiger partial charge on any atom is -0.361 e. The molecule has 68 valence electrons. The monoisotopic (exact) mass is 187 g/mol. The predicted octanol–water partition coefficient (Wildman–Crippen LogP) is 1.95. The third kappa shape index (κ3) is 1.10. The third-order valence-corrected chi connectivity index (χ3v) is 1.97. The average Bonchev–Trinajstić information content (AvgIpc) is 2.63. The van der Waals surface area contributed by atoms with Gasteiger partial charge in [-0.05, 0) is 12.1 Å². The van der Waals surface area contributed by atoms with Crippen LogP contribution in [0.1, 0.15) is 5.56 Å². The maximum Gasteiger partial charge on any atom is 0.280 e. The fourth-order valence-electron chi connectivity index (χ4n) is 1.36. The highest BCUT2D eigenvalue weighted by molar-refractivity contribution is 5.89. The summed E-state index contributed by atoms with van der Waals surface area (Å²) < 4.78 is 0. The second kappa shape index (κ2) is 2.85. The van der Waals surface area contributed by atoms with Gasteiger partial charge in [-0.25, -0.2) is 0 Å². The van der Waals surface area contributed by atoms with Gasteiger partial charge in [-0.1, -0.05) is 0 Å². The van der Waals surface area contributed by atoms with Crippen molar-refractivity contribution in [3.8, 4) is 6.07 Å². The van der Waals surface area contributed by atoms with Crippen molar-refractivity contribution in [2.24, 2.45) is 0 Å². The van der Waals surface area contributed by atoms with Crippen LogP contribution in [0.2, 0.25) is 0 Å². The number of benzene rings is 1. The summed E-state index contributed by atoms with van der Waals surface area (Å²) in [5, 5.41) is 19.8. The second-order valence-electron chi connectivity index (χ2n) is 2.80. The van der Waals surface area contributed by atoms with Crippen molar-refractivity contribution in [2.75, 3.05) is 0 Å². The van der Waals surface area contributed by atoms with Crippen LogP contribution in [-0.2, 0) is 0 Å². The Morgan fingerprint density at radius 1 is 1.50 bits per heavy atom. The predicted molar refractivity (Wildman–Crippen MR) is 49.7 cm³/mol. The zero-order chi connectivity index (χ0) is 10.1. The van der Waals surface area contributed by atoms with E-state index in [1.165, 1.54) is 6.07 Å². The topological polar surface area (TPSA) is 82.7 Å². The molecule has 0 spiro atoms. The van der Waals surface area contributed by atoms with Crippen LogP contribution < -0.4 is 0 Å². The number of non-ortho nitro benzene ring substituents is 1. The lowest BCUT2D eigenvalue weighted by Gasteiger charge is -1.94. The Labute approximate surface area is 78.7 Å². The summed E-state index contributed by atoms with van der Waals surface area (Å²) in [5.74, 6) is 0. The molecule has 2 aromatic rings. The molecule has 0 aliphatic carbocycles. The van der Waals surface area contributed by atoms with E-state index in [0.29, 0.717) is 10.9 Å². The zero-order valence-corrected chi connectivity index (χ0v) is 7.02. The van der Waals surface area contributed by atoms with Crippen molar-refractivity contribution in [3.63, 3.8) is 0 Å². The Morgan fingerprint density at radius 2 is 2.29 bits per heavy atom. The number of nitrogens with one attached hydrogen (secondary N) is 1. The highest BCUT2D eigenvalue weighted by atomic mass is 16.6. The molecule has 0 bridgehead atoms. The molecule has 5 heteroatoms. The summed E-state index contributed by atoms with van der Waals surface area (Å²) in [4.78, 5) is 13.0. The number of fused-ring (bicyclic) bond motifs is 1. The molecule has 1 heterocycles. The van der Waals surface area contributed by atoms with Gasteiger partial charge in [0.2, 0.25) is 0 Å². The van der Waals surface area contributed by atoms with E-state index in [0.717, 1.165) is 0 Å². The van der Waals surface area contributed by atoms with Crippen molar-refractivity contribution >= 4 is 16.6 Å². The first-order chi connectivity index (χ1) is 6.72. The number of nitro groups is 1. The summed E-state index contributed by atoms with van der Waals surface area (Å²) in [6.07, 6.45) is 1.61. The molecule has 1 N–H and O–H groups in total. The molecule has 0 radical (unpaired) electrons. The van der Waals surface area contributed by atoms with Gasteiger partial charge in [0.15, 0.2) is 0 Å². The molecular weight excluding hydrogens is 182 g/mol. The van der Waals surface area contributed by atoms with E-state index in [1.807, 2.05) is 6.07 Å². The highest BCUT2D eigenvalue weighted by Gasteiger charge is 2.13. The van der Waals surface area contributed by atoms with Gasteiger partial charge in [-0.3, -0.25) is 10.1 Å². The Kier molecular flexibility index (Phi) is 1.68. The number of aromatic nitrogens is 1. The van der Waals surface area contributed by atoms with Gasteiger partial charge in [-0.2, -0.15) is 5.26 Å². The van der Waals surface area contributed by atoms with Crippen LogP contribution in [0.5, 0.6) is 0 Å². The Morgan fingerprint density at radius 3 is 2.93 bits per heavy atom. The first-order valence-corrected chi connectivity index (χ1v) is 3.88. The van der Waals surface area contributed by atoms with Crippen LogP contribution in [-0.4, -0.2) is 9.91 Å². The quantitative estimate of drug-likeness (QED) is 0.547. The Hall–Kier alpha value is -2.35. The molecule has 0 fully saturated rings. The molecule has 0 atom stereocenters. The summed E-state index contributed by atoms with van der Waals surface area (Å²) in [5.41, 5.74) is 0.850. The number of H-pyrrole nitrogens is 1. The fraction of sp³-hybridized carbons (Fsp3) is 0. The van der Waals surface area contributed by atoms with E-state index in [2.05, 4.69) is 4.98 Å². The van der Waals surface area contributed by atoms with Crippen LogP contribution in [0.15, 0.2) is 24.4 Å². The fourth-order valence-corrected chi connectivity index (χ4v) is 1.36. The first kappa shape index (κ1) is 8.26. The van der Waals surface area contributed by atoms with Crippen LogP contribution >= 0.6 is 0 Å². The molecule has 14 heavy (non-hydrogen) atoms. The molecule has 5 nitrogen and oxygen atoms in total. The lowest BCUT2D eigenvalue weighted by molar-refractivity contribution is -0.383. The van der Waals surface area contributed by atoms with E-state index in [9.17, 15) is 10.1 Å². The van der Waals surface area contributed by atoms with Gasteiger partial charge >= 0.3 is 0 Å². The number of nitriles is 1. The Bertz CT molecular complexity index is 551. The van der Waals surface area contributed by atoms with E-state index < -0.39 is 4.92 Å². The molecule has 0 amide bonds. The maximum absolute atomic E-state index is 10.7. The number of nitrogens with zero attached hydrogens (tertiary/aromatic N) is 2. The molecule has 1 aromatic carbocycles. The first-order valence-electron chi connectivity index (χ1n) is 3.88. The van der Waals surface area contributed by atoms with Crippen molar-refractivity contribution < 1.29 is 4.92 Å². The van der Waals surface area contributed by atoms with Crippen LogP contribution in [0.25, 0.3) is 10.9 Å². The highest BCUT2D eigenvalue weighted by Crippen LogP contribution is 2.26. The van der Waals surface area contributed by atoms with Crippen LogP contribution in [0.4, 0.5) is 5.69 Å². The molecule has 0 aliphatic rings. The number of hydrogen-bond donors (Lipinski definition) is 1. The molecule has 0 saturated heterocycles. The van der Waals surface area contributed by atoms with Crippen molar-refractivity contribution in [2.45, 2.75) is 0 Å². The standard InChI is InChI=1S/C9H5N3O2/c10-5-6-3-8-7(1-2-11-8)9(4-6)12(13)14/h1-4,11H. The van der Waals surface area contributed by atoms with Gasteiger partial charge in [0.1, 0.15) is 0 Å². The SMILES string of the molecule is N#Cc1cc([N+](=O)[O-])c2cc[nH]c2c1. The molecule has 1 aromatic heterocycles. The minimum absolute atomic E-state index is 0.0414. The van der Waals surface area contributed by atoms with Crippen molar-refractivity contribution in [1.29, 1.82) is 5.26 Å². The van der Waals surface area contributed by atoms with Gasteiger partial charge in [0, 0.05) is 12.3 Å². The van der Waals surface area contributed by atoms with Gasteiger partial charge < -0.3 is 4.98 Å². The number of hydrogen-bond acceptors (Lipinski definition) is 3. The third-order valence-electron chi connectivity index (χ3n) is 1.97. The average molecular weight is 187 g/mol. The molecule has 0 unspecified atom stereocenters. The van der Waals surface area contributed by atoms with E-state index in [-0.39, 0.29) is 11.3 Å². The number of aromatic amines is 1. The van der Waals surface area contributed by atoms with Crippen molar-refractivity contribution in [1.82, 2.24) is 4.98 Å². The largest absolute Gasteiger partial charge is 0.361 e. The van der Waals surface area contributed by atoms with Crippen LogP contribution in [0, 0.1) is 21.4 Å². The Balaban J connectivity index is 2.85. The molecule has 0 saturated carbocycles. The van der Waals surface area contributed by atoms with Crippen LogP contribution in [0.3, 0.4) is 0 Å². The number of rotatable bonds is 1. The maximum atomic E-state index is 10.7. The van der Waals surface area contributed by atoms with E-state index in [1.54, 1.807) is 18.3 Å². The molecule has 2 rings (SSSR count). The molecular formula is C9H5N3O2. The zero-order valence-electron chi connectivity index (χ0n) is 7.02. The summed E-state index contributed by atoms with van der Waals surface area (Å²) in [6.45, 7) is 0. The summed E-state index contributed by atoms with van der Waals surface area (Å²) in [6, 6.07) is 6.36. The van der Waals surface area contributed by atoms with E-state index >= 15 is 0 Å². The van der Waals surface area contributed by atoms with E-state index in [4.69, 9.17) is 5.26 Å². The summed E-state index contributed by atoms with van der Waals surface area (Å²) in [7, 11) is 0. The lowest BCUT2D eigenvalue weighted by Crippen LogP contribution is -1.89.